The highest BCUT2D eigenvalue weighted by molar-refractivity contribution is 5.36. The van der Waals surface area contributed by atoms with Crippen molar-refractivity contribution >= 4 is 0 Å². The van der Waals surface area contributed by atoms with Gasteiger partial charge in [0, 0.05) is 11.6 Å². The number of para-hydroxylation sites is 1. The van der Waals surface area contributed by atoms with E-state index < -0.39 is 0 Å². The third-order valence-corrected chi connectivity index (χ3v) is 5.37. The first-order valence-electron chi connectivity index (χ1n) is 8.20. The molecule has 0 spiro atoms. The number of ether oxygens (including phenoxy) is 1. The van der Waals surface area contributed by atoms with Crippen molar-refractivity contribution in [2.24, 2.45) is 17.8 Å². The molecule has 2 bridgehead atoms. The Morgan fingerprint density at radius 1 is 1.25 bits per heavy atom. The highest BCUT2D eigenvalue weighted by atomic mass is 16.5. The summed E-state index contributed by atoms with van der Waals surface area (Å²) >= 11 is 0. The SMILES string of the molecule is CCOc1ccccc1C(CC1CC2CCC1C2)NC. The molecule has 0 aliphatic heterocycles. The monoisotopic (exact) mass is 273 g/mol. The van der Waals surface area contributed by atoms with Crippen LogP contribution in [0.2, 0.25) is 0 Å². The quantitative estimate of drug-likeness (QED) is 0.840. The molecule has 0 radical (unpaired) electrons. The summed E-state index contributed by atoms with van der Waals surface area (Å²) in [5.41, 5.74) is 1.33. The van der Waals surface area contributed by atoms with E-state index in [4.69, 9.17) is 4.74 Å². The summed E-state index contributed by atoms with van der Waals surface area (Å²) in [7, 11) is 2.08. The number of fused-ring (bicyclic) bond motifs is 2. The van der Waals surface area contributed by atoms with Crippen LogP contribution in [0, 0.1) is 17.8 Å². The van der Waals surface area contributed by atoms with Gasteiger partial charge in [0.1, 0.15) is 5.75 Å². The van der Waals surface area contributed by atoms with Gasteiger partial charge in [0.15, 0.2) is 0 Å². The van der Waals surface area contributed by atoms with Gasteiger partial charge in [0.2, 0.25) is 0 Å². The third kappa shape index (κ3) is 2.71. The smallest absolute Gasteiger partial charge is 0.124 e. The summed E-state index contributed by atoms with van der Waals surface area (Å²) in [6, 6.07) is 8.95. The lowest BCUT2D eigenvalue weighted by molar-refractivity contribution is 0.277. The standard InChI is InChI=1S/C18H27NO/c1-3-20-18-7-5-4-6-16(18)17(19-2)12-15-11-13-8-9-14(15)10-13/h4-7,13-15,17,19H,3,8-12H2,1-2H3. The lowest BCUT2D eigenvalue weighted by Gasteiger charge is -2.27. The highest BCUT2D eigenvalue weighted by Crippen LogP contribution is 2.51. The topological polar surface area (TPSA) is 21.3 Å². The number of rotatable bonds is 6. The summed E-state index contributed by atoms with van der Waals surface area (Å²) in [5, 5.41) is 3.52. The van der Waals surface area contributed by atoms with E-state index in [0.717, 1.165) is 30.1 Å². The fourth-order valence-electron chi connectivity index (χ4n) is 4.42. The van der Waals surface area contributed by atoms with Crippen molar-refractivity contribution in [3.05, 3.63) is 29.8 Å². The fraction of sp³-hybridized carbons (Fsp3) is 0.667. The molecule has 4 atom stereocenters. The lowest BCUT2D eigenvalue weighted by atomic mass is 9.82. The van der Waals surface area contributed by atoms with E-state index in [1.807, 2.05) is 0 Å². The van der Waals surface area contributed by atoms with E-state index in [9.17, 15) is 0 Å². The number of hydrogen-bond acceptors (Lipinski definition) is 2. The maximum atomic E-state index is 5.81. The van der Waals surface area contributed by atoms with Gasteiger partial charge in [0.25, 0.3) is 0 Å². The van der Waals surface area contributed by atoms with Crippen LogP contribution in [0.5, 0.6) is 5.75 Å². The second kappa shape index (κ2) is 6.17. The van der Waals surface area contributed by atoms with Gasteiger partial charge < -0.3 is 10.1 Å². The zero-order valence-corrected chi connectivity index (χ0v) is 12.8. The van der Waals surface area contributed by atoms with Gasteiger partial charge in [-0.15, -0.1) is 0 Å². The van der Waals surface area contributed by atoms with E-state index in [1.54, 1.807) is 0 Å². The van der Waals surface area contributed by atoms with E-state index in [1.165, 1.54) is 37.7 Å². The Hall–Kier alpha value is -1.02. The molecule has 4 unspecified atom stereocenters. The van der Waals surface area contributed by atoms with Gasteiger partial charge in [-0.05, 0) is 63.5 Å². The minimum Gasteiger partial charge on any atom is -0.494 e. The van der Waals surface area contributed by atoms with Gasteiger partial charge in [-0.2, -0.15) is 0 Å². The molecular formula is C18H27NO. The van der Waals surface area contributed by atoms with E-state index in [-0.39, 0.29) is 0 Å². The van der Waals surface area contributed by atoms with Crippen LogP contribution in [0.3, 0.4) is 0 Å². The first kappa shape index (κ1) is 13.9. The lowest BCUT2D eigenvalue weighted by Crippen LogP contribution is -2.23. The van der Waals surface area contributed by atoms with Crippen molar-refractivity contribution in [1.29, 1.82) is 0 Å². The zero-order chi connectivity index (χ0) is 13.9. The fourth-order valence-corrected chi connectivity index (χ4v) is 4.42. The predicted molar refractivity (Wildman–Crippen MR) is 83.0 cm³/mol. The maximum absolute atomic E-state index is 5.81. The molecule has 0 heterocycles. The molecular weight excluding hydrogens is 246 g/mol. The molecule has 2 aliphatic rings. The van der Waals surface area contributed by atoms with Crippen LogP contribution in [-0.2, 0) is 0 Å². The van der Waals surface area contributed by atoms with Crippen molar-refractivity contribution < 1.29 is 4.74 Å². The van der Waals surface area contributed by atoms with Crippen molar-refractivity contribution in [2.45, 2.75) is 45.1 Å². The van der Waals surface area contributed by atoms with Crippen molar-refractivity contribution in [2.75, 3.05) is 13.7 Å². The minimum atomic E-state index is 0.432. The van der Waals surface area contributed by atoms with E-state index in [2.05, 4.69) is 43.6 Å². The molecule has 2 nitrogen and oxygen atoms in total. The summed E-state index contributed by atoms with van der Waals surface area (Å²) in [6.45, 7) is 2.79. The Morgan fingerprint density at radius 3 is 2.75 bits per heavy atom. The van der Waals surface area contributed by atoms with E-state index in [0.29, 0.717) is 6.04 Å². The molecule has 110 valence electrons. The van der Waals surface area contributed by atoms with E-state index >= 15 is 0 Å². The van der Waals surface area contributed by atoms with Crippen LogP contribution in [0.4, 0.5) is 0 Å². The Bertz CT molecular complexity index is 445. The molecule has 2 heteroatoms. The second-order valence-electron chi connectivity index (χ2n) is 6.48. The highest BCUT2D eigenvalue weighted by Gasteiger charge is 2.40. The second-order valence-corrected chi connectivity index (χ2v) is 6.48. The van der Waals surface area contributed by atoms with Crippen molar-refractivity contribution in [3.63, 3.8) is 0 Å². The molecule has 2 saturated carbocycles. The minimum absolute atomic E-state index is 0.432. The Morgan fingerprint density at radius 2 is 2.10 bits per heavy atom. The normalized spacial score (nSPS) is 29.6. The molecule has 3 rings (SSSR count). The van der Waals surface area contributed by atoms with Gasteiger partial charge in [-0.1, -0.05) is 24.6 Å². The van der Waals surface area contributed by atoms with Crippen LogP contribution in [0.15, 0.2) is 24.3 Å². The summed E-state index contributed by atoms with van der Waals surface area (Å²) in [4.78, 5) is 0. The van der Waals surface area contributed by atoms with Gasteiger partial charge in [-0.25, -0.2) is 0 Å². The summed E-state index contributed by atoms with van der Waals surface area (Å²) in [6.07, 6.45) is 7.18. The molecule has 0 saturated heterocycles. The average molecular weight is 273 g/mol. The molecule has 2 fully saturated rings. The maximum Gasteiger partial charge on any atom is 0.124 e. The van der Waals surface area contributed by atoms with Crippen LogP contribution < -0.4 is 10.1 Å². The van der Waals surface area contributed by atoms with Gasteiger partial charge in [-0.3, -0.25) is 0 Å². The average Bonchev–Trinajstić information content (AvgIpc) is 3.08. The van der Waals surface area contributed by atoms with Crippen LogP contribution >= 0.6 is 0 Å². The van der Waals surface area contributed by atoms with Crippen LogP contribution in [0.25, 0.3) is 0 Å². The molecule has 0 aromatic heterocycles. The summed E-state index contributed by atoms with van der Waals surface area (Å²) < 4.78 is 5.81. The Balaban J connectivity index is 1.73. The Labute approximate surface area is 122 Å². The molecule has 1 aromatic carbocycles. The first-order valence-corrected chi connectivity index (χ1v) is 8.20. The number of benzene rings is 1. The molecule has 2 aliphatic carbocycles. The number of nitrogens with one attached hydrogen (secondary N) is 1. The zero-order valence-electron chi connectivity index (χ0n) is 12.8. The summed E-state index contributed by atoms with van der Waals surface area (Å²) in [5.74, 6) is 4.00. The molecule has 0 amide bonds. The Kier molecular flexibility index (Phi) is 4.30. The molecule has 1 aromatic rings. The van der Waals surface area contributed by atoms with Crippen molar-refractivity contribution in [3.8, 4) is 5.75 Å². The largest absolute Gasteiger partial charge is 0.494 e. The molecule has 20 heavy (non-hydrogen) atoms. The van der Waals surface area contributed by atoms with Crippen LogP contribution in [0.1, 0.15) is 50.6 Å². The predicted octanol–water partition coefficient (Wildman–Crippen LogP) is 4.17. The van der Waals surface area contributed by atoms with Gasteiger partial charge in [0.05, 0.1) is 6.61 Å². The van der Waals surface area contributed by atoms with Crippen LogP contribution in [-0.4, -0.2) is 13.7 Å². The number of hydrogen-bond donors (Lipinski definition) is 1. The van der Waals surface area contributed by atoms with Gasteiger partial charge >= 0.3 is 0 Å². The first-order chi connectivity index (χ1) is 9.81. The van der Waals surface area contributed by atoms with Crippen molar-refractivity contribution in [1.82, 2.24) is 5.32 Å². The molecule has 1 N–H and O–H groups in total. The third-order valence-electron chi connectivity index (χ3n) is 5.37.